The van der Waals surface area contributed by atoms with Crippen LogP contribution in [0.1, 0.15) is 39.4 Å². The van der Waals surface area contributed by atoms with E-state index in [4.69, 9.17) is 0 Å². The summed E-state index contributed by atoms with van der Waals surface area (Å²) in [7, 11) is 0. The molecule has 2 aromatic carbocycles. The van der Waals surface area contributed by atoms with E-state index in [1.165, 1.54) is 24.3 Å². The summed E-state index contributed by atoms with van der Waals surface area (Å²) in [6, 6.07) is 13.8. The van der Waals surface area contributed by atoms with Gasteiger partial charge in [0.2, 0.25) is 5.91 Å². The fourth-order valence-electron chi connectivity index (χ4n) is 4.95. The molecule has 34 heavy (non-hydrogen) atoms. The molecule has 3 aromatic rings. The Hall–Kier alpha value is -3.65. The summed E-state index contributed by atoms with van der Waals surface area (Å²) in [5.41, 5.74) is 1.76. The first-order valence-corrected chi connectivity index (χ1v) is 11.1. The number of hydrogen-bond acceptors (Lipinski definition) is 4. The van der Waals surface area contributed by atoms with E-state index < -0.39 is 11.8 Å². The Morgan fingerprint density at radius 3 is 2.56 bits per heavy atom. The van der Waals surface area contributed by atoms with Crippen molar-refractivity contribution in [2.75, 3.05) is 19.7 Å². The number of carbonyl (C=O) groups is 2. The Labute approximate surface area is 195 Å². The third-order valence-electron chi connectivity index (χ3n) is 6.70. The van der Waals surface area contributed by atoms with E-state index in [-0.39, 0.29) is 47.7 Å². The van der Waals surface area contributed by atoms with Gasteiger partial charge in [0.15, 0.2) is 0 Å². The number of hydrogen-bond donors (Lipinski definition) is 2. The molecule has 1 aliphatic carbocycles. The molecule has 6 nitrogen and oxygen atoms in total. The first kappa shape index (κ1) is 22.2. The maximum absolute atomic E-state index is 14.7. The van der Waals surface area contributed by atoms with Crippen molar-refractivity contribution in [2.24, 2.45) is 0 Å². The van der Waals surface area contributed by atoms with Gasteiger partial charge in [0.05, 0.1) is 19.2 Å². The lowest BCUT2D eigenvalue weighted by molar-refractivity contribution is -0.131. The summed E-state index contributed by atoms with van der Waals surface area (Å²) < 4.78 is 29.5. The molecule has 2 amide bonds. The SMILES string of the molecule is O=C(NCC(=O)N1C[C@H](c2ccncc2)C[C@H]1CO)c1ccc2c(c1)-c1ccccc1C2(F)F. The Morgan fingerprint density at radius 2 is 1.79 bits per heavy atom. The second kappa shape index (κ2) is 8.61. The summed E-state index contributed by atoms with van der Waals surface area (Å²) in [5.74, 6) is -3.85. The van der Waals surface area contributed by atoms with Crippen molar-refractivity contribution in [3.8, 4) is 11.1 Å². The van der Waals surface area contributed by atoms with Gasteiger partial charge < -0.3 is 15.3 Å². The van der Waals surface area contributed by atoms with E-state index in [1.54, 1.807) is 35.5 Å². The Morgan fingerprint density at radius 1 is 1.06 bits per heavy atom. The Bertz CT molecular complexity index is 1250. The minimum absolute atomic E-state index is 0.0782. The number of carbonyl (C=O) groups excluding carboxylic acids is 2. The van der Waals surface area contributed by atoms with Gasteiger partial charge in [0.1, 0.15) is 0 Å². The average Bonchev–Trinajstić information content (AvgIpc) is 3.40. The van der Waals surface area contributed by atoms with Gasteiger partial charge in [-0.1, -0.05) is 30.3 Å². The van der Waals surface area contributed by atoms with Crippen LogP contribution in [0.3, 0.4) is 0 Å². The molecule has 0 spiro atoms. The zero-order valence-electron chi connectivity index (χ0n) is 18.2. The molecule has 0 unspecified atom stereocenters. The zero-order valence-corrected chi connectivity index (χ0v) is 18.2. The summed E-state index contributed by atoms with van der Waals surface area (Å²) in [6.45, 7) is 0.0244. The molecule has 1 aromatic heterocycles. The highest BCUT2D eigenvalue weighted by Gasteiger charge is 2.44. The van der Waals surface area contributed by atoms with E-state index in [2.05, 4.69) is 10.3 Å². The Kier molecular flexibility index (Phi) is 5.61. The summed E-state index contributed by atoms with van der Waals surface area (Å²) >= 11 is 0. The Balaban J connectivity index is 1.28. The van der Waals surface area contributed by atoms with E-state index >= 15 is 0 Å². The third kappa shape index (κ3) is 3.74. The van der Waals surface area contributed by atoms with Crippen LogP contribution < -0.4 is 5.32 Å². The first-order chi connectivity index (χ1) is 16.4. The molecular formula is C26H23F2N3O3. The fourth-order valence-corrected chi connectivity index (χ4v) is 4.95. The van der Waals surface area contributed by atoms with Crippen molar-refractivity contribution in [1.29, 1.82) is 0 Å². The van der Waals surface area contributed by atoms with Crippen LogP contribution in [0.2, 0.25) is 0 Å². The number of pyridine rings is 1. The van der Waals surface area contributed by atoms with E-state index in [1.807, 2.05) is 12.1 Å². The standard InChI is InChI=1S/C26H23F2N3O3/c27-26(28)22-4-2-1-3-20(22)21-12-17(5-6-23(21)26)25(34)30-13-24(33)31-14-18(11-19(31)15-32)16-7-9-29-10-8-16/h1-10,12,18-19,32H,11,13-15H2,(H,30,34)/t18-,19+/m1/s1. The van der Waals surface area contributed by atoms with Gasteiger partial charge in [-0.15, -0.1) is 0 Å². The second-order valence-corrected chi connectivity index (χ2v) is 8.66. The number of rotatable bonds is 5. The van der Waals surface area contributed by atoms with Crippen LogP contribution in [0.5, 0.6) is 0 Å². The lowest BCUT2D eigenvalue weighted by Crippen LogP contribution is -2.44. The van der Waals surface area contributed by atoms with Gasteiger partial charge in [-0.3, -0.25) is 14.6 Å². The molecule has 2 aliphatic rings. The van der Waals surface area contributed by atoms with Gasteiger partial charge in [-0.05, 0) is 47.4 Å². The van der Waals surface area contributed by atoms with Crippen LogP contribution in [0.4, 0.5) is 8.78 Å². The van der Waals surface area contributed by atoms with Crippen LogP contribution in [-0.4, -0.2) is 52.5 Å². The number of aliphatic hydroxyl groups is 1. The van der Waals surface area contributed by atoms with E-state index in [0.717, 1.165) is 5.56 Å². The molecule has 2 N–H and O–H groups in total. The molecule has 1 aliphatic heterocycles. The summed E-state index contributed by atoms with van der Waals surface area (Å²) in [6.07, 6.45) is 4.01. The third-order valence-corrected chi connectivity index (χ3v) is 6.70. The van der Waals surface area contributed by atoms with Crippen molar-refractivity contribution < 1.29 is 23.5 Å². The van der Waals surface area contributed by atoms with Crippen molar-refractivity contribution >= 4 is 11.8 Å². The van der Waals surface area contributed by atoms with E-state index in [9.17, 15) is 23.5 Å². The number of halogens is 2. The molecule has 1 saturated heterocycles. The minimum atomic E-state index is -3.11. The largest absolute Gasteiger partial charge is 0.394 e. The average molecular weight is 463 g/mol. The van der Waals surface area contributed by atoms with Crippen LogP contribution in [0.15, 0.2) is 67.0 Å². The molecule has 8 heteroatoms. The second-order valence-electron chi connectivity index (χ2n) is 8.66. The number of nitrogens with one attached hydrogen (secondary N) is 1. The first-order valence-electron chi connectivity index (χ1n) is 11.1. The molecule has 0 bridgehead atoms. The van der Waals surface area contributed by atoms with Gasteiger partial charge in [0, 0.05) is 41.5 Å². The molecule has 174 valence electrons. The van der Waals surface area contributed by atoms with Crippen LogP contribution >= 0.6 is 0 Å². The highest BCUT2D eigenvalue weighted by molar-refractivity contribution is 5.98. The molecular weight excluding hydrogens is 440 g/mol. The van der Waals surface area contributed by atoms with Crippen LogP contribution in [-0.2, 0) is 10.7 Å². The molecule has 2 heterocycles. The van der Waals surface area contributed by atoms with Crippen molar-refractivity contribution in [3.05, 3.63) is 89.2 Å². The molecule has 2 atom stereocenters. The highest BCUT2D eigenvalue weighted by atomic mass is 19.3. The lowest BCUT2D eigenvalue weighted by atomic mass is 9.98. The number of benzene rings is 2. The number of fused-ring (bicyclic) bond motifs is 3. The maximum Gasteiger partial charge on any atom is 0.299 e. The van der Waals surface area contributed by atoms with E-state index in [0.29, 0.717) is 24.1 Å². The van der Waals surface area contributed by atoms with Crippen molar-refractivity contribution in [2.45, 2.75) is 24.3 Å². The zero-order chi connectivity index (χ0) is 23.9. The molecule has 1 fully saturated rings. The van der Waals surface area contributed by atoms with Crippen molar-refractivity contribution in [1.82, 2.24) is 15.2 Å². The lowest BCUT2D eigenvalue weighted by Gasteiger charge is -2.23. The summed E-state index contributed by atoms with van der Waals surface area (Å²) in [5, 5.41) is 12.4. The van der Waals surface area contributed by atoms with Gasteiger partial charge in [-0.2, -0.15) is 8.78 Å². The highest BCUT2D eigenvalue weighted by Crippen LogP contribution is 2.50. The number of alkyl halides is 2. The normalized spacial score (nSPS) is 20.0. The summed E-state index contributed by atoms with van der Waals surface area (Å²) in [4.78, 5) is 31.2. The van der Waals surface area contributed by atoms with Gasteiger partial charge in [-0.25, -0.2) is 0 Å². The minimum Gasteiger partial charge on any atom is -0.394 e. The number of nitrogens with zero attached hydrogens (tertiary/aromatic N) is 2. The smallest absolute Gasteiger partial charge is 0.299 e. The number of amides is 2. The quantitative estimate of drug-likeness (QED) is 0.608. The van der Waals surface area contributed by atoms with Crippen molar-refractivity contribution in [3.63, 3.8) is 0 Å². The molecule has 0 saturated carbocycles. The predicted molar refractivity (Wildman–Crippen MR) is 121 cm³/mol. The monoisotopic (exact) mass is 463 g/mol. The number of aliphatic hydroxyl groups excluding tert-OH is 1. The van der Waals surface area contributed by atoms with Crippen LogP contribution in [0.25, 0.3) is 11.1 Å². The fraction of sp³-hybridized carbons (Fsp3) is 0.269. The topological polar surface area (TPSA) is 82.5 Å². The maximum atomic E-state index is 14.7. The number of aromatic nitrogens is 1. The molecule has 5 rings (SSSR count). The van der Waals surface area contributed by atoms with Gasteiger partial charge >= 0.3 is 0 Å². The number of likely N-dealkylation sites (tertiary alicyclic amines) is 1. The van der Waals surface area contributed by atoms with Gasteiger partial charge in [0.25, 0.3) is 11.8 Å². The predicted octanol–water partition coefficient (Wildman–Crippen LogP) is 3.31. The van der Waals surface area contributed by atoms with Crippen LogP contribution in [0, 0.1) is 0 Å². The molecule has 0 radical (unpaired) electrons.